The third kappa shape index (κ3) is 0.888. The maximum Gasteiger partial charge on any atom is 0.162 e. The predicted molar refractivity (Wildman–Crippen MR) is 41.6 cm³/mol. The van der Waals surface area contributed by atoms with Crippen LogP contribution in [0.25, 0.3) is 0 Å². The maximum absolute atomic E-state index is 11.3. The summed E-state index contributed by atoms with van der Waals surface area (Å²) in [5.74, 6) is 0. The first-order valence-corrected chi connectivity index (χ1v) is 4.98. The minimum Gasteiger partial charge on any atom is -0.228 e. The summed E-state index contributed by atoms with van der Waals surface area (Å²) in [4.78, 5) is 0. The zero-order valence-corrected chi connectivity index (χ0v) is 7.27. The van der Waals surface area contributed by atoms with Gasteiger partial charge in [-0.3, -0.25) is 0 Å². The lowest BCUT2D eigenvalue weighted by molar-refractivity contribution is 0.589. The van der Waals surface area contributed by atoms with Crippen molar-refractivity contribution in [3.63, 3.8) is 0 Å². The first-order chi connectivity index (χ1) is 4.46. The minimum atomic E-state index is -2.85. The molecule has 0 saturated carbocycles. The summed E-state index contributed by atoms with van der Waals surface area (Å²) in [7, 11) is -2.85. The molecule has 2 nitrogen and oxygen atoms in total. The fourth-order valence-electron chi connectivity index (χ4n) is 1.18. The average Bonchev–Trinajstić information content (AvgIpc) is 1.97. The molecule has 0 fully saturated rings. The SMILES string of the molecule is CC1=CC(C)S(=O)(=O)C1C. The molecule has 58 valence electrons. The average molecular weight is 160 g/mol. The maximum atomic E-state index is 11.3. The van der Waals surface area contributed by atoms with Gasteiger partial charge in [0.1, 0.15) is 0 Å². The Morgan fingerprint density at radius 3 is 2.00 bits per heavy atom. The quantitative estimate of drug-likeness (QED) is 0.498. The Kier molecular flexibility index (Phi) is 1.63. The molecule has 2 atom stereocenters. The summed E-state index contributed by atoms with van der Waals surface area (Å²) in [5.41, 5.74) is 0.979. The fraction of sp³-hybridized carbons (Fsp3) is 0.714. The van der Waals surface area contributed by atoms with Crippen LogP contribution in [0.5, 0.6) is 0 Å². The second kappa shape index (κ2) is 2.09. The van der Waals surface area contributed by atoms with Gasteiger partial charge < -0.3 is 0 Å². The third-order valence-electron chi connectivity index (χ3n) is 2.15. The molecule has 10 heavy (non-hydrogen) atoms. The minimum absolute atomic E-state index is 0.262. The van der Waals surface area contributed by atoms with Gasteiger partial charge in [-0.25, -0.2) is 8.42 Å². The van der Waals surface area contributed by atoms with Crippen LogP contribution in [0.3, 0.4) is 0 Å². The lowest BCUT2D eigenvalue weighted by Gasteiger charge is -2.05. The van der Waals surface area contributed by atoms with Crippen LogP contribution >= 0.6 is 0 Å². The van der Waals surface area contributed by atoms with Crippen LogP contribution in [0.4, 0.5) is 0 Å². The van der Waals surface area contributed by atoms with Crippen LogP contribution in [0, 0.1) is 0 Å². The Hall–Kier alpha value is -0.310. The largest absolute Gasteiger partial charge is 0.228 e. The Morgan fingerprint density at radius 2 is 1.90 bits per heavy atom. The number of hydrogen-bond acceptors (Lipinski definition) is 2. The highest BCUT2D eigenvalue weighted by Gasteiger charge is 2.33. The van der Waals surface area contributed by atoms with Gasteiger partial charge in [-0.1, -0.05) is 11.6 Å². The molecule has 0 aromatic heterocycles. The lowest BCUT2D eigenvalue weighted by Crippen LogP contribution is -2.20. The Labute approximate surface area is 61.9 Å². The smallest absolute Gasteiger partial charge is 0.162 e. The van der Waals surface area contributed by atoms with E-state index in [-0.39, 0.29) is 10.5 Å². The van der Waals surface area contributed by atoms with E-state index in [1.54, 1.807) is 13.8 Å². The molecular weight excluding hydrogens is 148 g/mol. The molecule has 2 unspecified atom stereocenters. The van der Waals surface area contributed by atoms with E-state index in [2.05, 4.69) is 0 Å². The van der Waals surface area contributed by atoms with Crippen LogP contribution in [0.2, 0.25) is 0 Å². The van der Waals surface area contributed by atoms with Crippen LogP contribution in [0.1, 0.15) is 20.8 Å². The molecule has 0 aliphatic carbocycles. The van der Waals surface area contributed by atoms with Gasteiger partial charge in [-0.2, -0.15) is 0 Å². The van der Waals surface area contributed by atoms with Crippen molar-refractivity contribution in [1.82, 2.24) is 0 Å². The van der Waals surface area contributed by atoms with Crippen molar-refractivity contribution in [2.24, 2.45) is 0 Å². The molecule has 1 aliphatic rings. The monoisotopic (exact) mass is 160 g/mol. The molecule has 1 heterocycles. The molecule has 0 aromatic carbocycles. The van der Waals surface area contributed by atoms with E-state index < -0.39 is 9.84 Å². The Morgan fingerprint density at radius 1 is 1.40 bits per heavy atom. The molecule has 0 spiro atoms. The highest BCUT2D eigenvalue weighted by molar-refractivity contribution is 7.93. The molecule has 3 heteroatoms. The zero-order valence-electron chi connectivity index (χ0n) is 6.46. The number of sulfone groups is 1. The first-order valence-electron chi connectivity index (χ1n) is 3.37. The lowest BCUT2D eigenvalue weighted by atomic mass is 10.2. The zero-order chi connectivity index (χ0) is 7.94. The summed E-state index contributed by atoms with van der Waals surface area (Å²) >= 11 is 0. The molecule has 0 saturated heterocycles. The number of rotatable bonds is 0. The van der Waals surface area contributed by atoms with Crippen molar-refractivity contribution < 1.29 is 8.42 Å². The van der Waals surface area contributed by atoms with E-state index in [0.717, 1.165) is 5.57 Å². The van der Waals surface area contributed by atoms with Gasteiger partial charge in [0, 0.05) is 0 Å². The van der Waals surface area contributed by atoms with Gasteiger partial charge in [0.25, 0.3) is 0 Å². The van der Waals surface area contributed by atoms with Crippen molar-refractivity contribution in [1.29, 1.82) is 0 Å². The second-order valence-corrected chi connectivity index (χ2v) is 5.48. The van der Waals surface area contributed by atoms with Crippen molar-refractivity contribution in [2.75, 3.05) is 0 Å². The van der Waals surface area contributed by atoms with Gasteiger partial charge in [0.2, 0.25) is 0 Å². The van der Waals surface area contributed by atoms with Crippen molar-refractivity contribution in [3.8, 4) is 0 Å². The molecule has 0 radical (unpaired) electrons. The van der Waals surface area contributed by atoms with Gasteiger partial charge >= 0.3 is 0 Å². The summed E-state index contributed by atoms with van der Waals surface area (Å²) in [6.07, 6.45) is 1.82. The summed E-state index contributed by atoms with van der Waals surface area (Å²) in [6.45, 7) is 5.33. The van der Waals surface area contributed by atoms with Crippen molar-refractivity contribution >= 4 is 9.84 Å². The van der Waals surface area contributed by atoms with E-state index in [9.17, 15) is 8.42 Å². The van der Waals surface area contributed by atoms with Crippen molar-refractivity contribution in [2.45, 2.75) is 31.3 Å². The summed E-state index contributed by atoms with van der Waals surface area (Å²) < 4.78 is 22.5. The third-order valence-corrected chi connectivity index (χ3v) is 4.68. The molecule has 1 rings (SSSR count). The van der Waals surface area contributed by atoms with Crippen LogP contribution in [-0.4, -0.2) is 18.9 Å². The molecule has 1 aliphatic heterocycles. The fourth-order valence-corrected chi connectivity index (χ4v) is 2.83. The highest BCUT2D eigenvalue weighted by atomic mass is 32.2. The Bertz CT molecular complexity index is 261. The molecular formula is C7H12O2S. The van der Waals surface area contributed by atoms with E-state index in [1.807, 2.05) is 13.0 Å². The van der Waals surface area contributed by atoms with Crippen LogP contribution < -0.4 is 0 Å². The summed E-state index contributed by atoms with van der Waals surface area (Å²) in [5, 5.41) is -0.537. The summed E-state index contributed by atoms with van der Waals surface area (Å²) in [6, 6.07) is 0. The van der Waals surface area contributed by atoms with E-state index in [0.29, 0.717) is 0 Å². The van der Waals surface area contributed by atoms with E-state index in [4.69, 9.17) is 0 Å². The molecule has 0 bridgehead atoms. The molecule has 0 amide bonds. The number of hydrogen-bond donors (Lipinski definition) is 0. The predicted octanol–water partition coefficient (Wildman–Crippen LogP) is 1.14. The van der Waals surface area contributed by atoms with Gasteiger partial charge in [-0.15, -0.1) is 0 Å². The normalized spacial score (nSPS) is 37.7. The van der Waals surface area contributed by atoms with Gasteiger partial charge in [0.05, 0.1) is 10.5 Å². The van der Waals surface area contributed by atoms with Crippen LogP contribution in [0.15, 0.2) is 11.6 Å². The highest BCUT2D eigenvalue weighted by Crippen LogP contribution is 2.25. The molecule has 0 N–H and O–H groups in total. The first kappa shape index (κ1) is 7.79. The van der Waals surface area contributed by atoms with Gasteiger partial charge in [-0.05, 0) is 20.8 Å². The topological polar surface area (TPSA) is 34.1 Å². The second-order valence-electron chi connectivity index (χ2n) is 2.85. The standard InChI is InChI=1S/C7H12O2S/c1-5-4-6(2)10(8,9)7(5)3/h4,6-7H,1-3H3. The van der Waals surface area contributed by atoms with E-state index in [1.165, 1.54) is 0 Å². The Balaban J connectivity index is 3.11. The molecule has 0 aromatic rings. The van der Waals surface area contributed by atoms with Crippen molar-refractivity contribution in [3.05, 3.63) is 11.6 Å². The van der Waals surface area contributed by atoms with E-state index >= 15 is 0 Å². The van der Waals surface area contributed by atoms with Crippen LogP contribution in [-0.2, 0) is 9.84 Å². The van der Waals surface area contributed by atoms with Gasteiger partial charge in [0.15, 0.2) is 9.84 Å².